The van der Waals surface area contributed by atoms with Gasteiger partial charge < -0.3 is 25.4 Å². The van der Waals surface area contributed by atoms with Gasteiger partial charge in [0.2, 0.25) is 0 Å². The molecule has 4 atom stereocenters. The van der Waals surface area contributed by atoms with Crippen molar-refractivity contribution in [3.05, 3.63) is 23.9 Å². The van der Waals surface area contributed by atoms with E-state index in [1.807, 2.05) is 0 Å². The van der Waals surface area contributed by atoms with Crippen LogP contribution in [-0.4, -0.2) is 57.9 Å². The number of alkyl halides is 3. The number of pyridine rings is 1. The molecule has 0 amide bonds. The highest BCUT2D eigenvalue weighted by Gasteiger charge is 2.40. The fourth-order valence-electron chi connectivity index (χ4n) is 2.09. The van der Waals surface area contributed by atoms with Crippen molar-refractivity contribution in [2.45, 2.75) is 30.5 Å². The summed E-state index contributed by atoms with van der Waals surface area (Å²) in [7, 11) is 0. The fourth-order valence-corrected chi connectivity index (χ4v) is 2.09. The van der Waals surface area contributed by atoms with E-state index in [-0.39, 0.29) is 6.61 Å². The minimum Gasteiger partial charge on any atom is -0.394 e. The first-order chi connectivity index (χ1) is 9.84. The van der Waals surface area contributed by atoms with Gasteiger partial charge in [-0.3, -0.25) is 0 Å². The second-order valence-corrected chi connectivity index (χ2v) is 4.68. The van der Waals surface area contributed by atoms with Crippen LogP contribution in [0.2, 0.25) is 0 Å². The molecule has 118 valence electrons. The number of nitrogens with one attached hydrogen (secondary N) is 1. The lowest BCUT2D eigenvalue weighted by atomic mass is 9.98. The van der Waals surface area contributed by atoms with Gasteiger partial charge in [0.05, 0.1) is 24.8 Å². The van der Waals surface area contributed by atoms with E-state index in [1.54, 1.807) is 0 Å². The third-order valence-electron chi connectivity index (χ3n) is 3.25. The zero-order valence-electron chi connectivity index (χ0n) is 10.8. The summed E-state index contributed by atoms with van der Waals surface area (Å²) in [6.07, 6.45) is -7.17. The zero-order valence-corrected chi connectivity index (χ0v) is 10.8. The largest absolute Gasteiger partial charge is 0.419 e. The van der Waals surface area contributed by atoms with Gasteiger partial charge in [0.15, 0.2) is 0 Å². The molecular weight excluding hydrogens is 293 g/mol. The first kappa shape index (κ1) is 16.0. The molecule has 0 saturated carbocycles. The Hall–Kier alpha value is -1.42. The number of hydrogen-bond acceptors (Lipinski definition) is 6. The van der Waals surface area contributed by atoms with Crippen molar-refractivity contribution in [1.29, 1.82) is 0 Å². The minimum atomic E-state index is -4.59. The molecule has 1 saturated heterocycles. The lowest BCUT2D eigenvalue weighted by Gasteiger charge is -2.37. The Morgan fingerprint density at radius 2 is 2.05 bits per heavy atom. The molecule has 0 aromatic carbocycles. The van der Waals surface area contributed by atoms with Crippen LogP contribution in [-0.2, 0) is 10.9 Å². The summed E-state index contributed by atoms with van der Waals surface area (Å²) in [5, 5.41) is 30.9. The molecule has 9 heteroatoms. The SMILES string of the molecule is OCC1OC[C@@H](Nc2ncccc2C(F)(F)F)C(O)C1O. The normalized spacial score (nSPS) is 30.2. The van der Waals surface area contributed by atoms with Gasteiger partial charge in [-0.05, 0) is 12.1 Å². The summed E-state index contributed by atoms with van der Waals surface area (Å²) >= 11 is 0. The Bertz CT molecular complexity index is 486. The molecule has 1 aliphatic rings. The van der Waals surface area contributed by atoms with Crippen molar-refractivity contribution in [1.82, 2.24) is 4.98 Å². The van der Waals surface area contributed by atoms with Crippen molar-refractivity contribution in [3.63, 3.8) is 0 Å². The summed E-state index contributed by atoms with van der Waals surface area (Å²) < 4.78 is 43.6. The van der Waals surface area contributed by atoms with Crippen molar-refractivity contribution >= 4 is 5.82 Å². The Labute approximate surface area is 118 Å². The van der Waals surface area contributed by atoms with E-state index in [0.717, 1.165) is 12.1 Å². The average molecular weight is 308 g/mol. The maximum Gasteiger partial charge on any atom is 0.419 e. The van der Waals surface area contributed by atoms with Crippen molar-refractivity contribution < 1.29 is 33.2 Å². The Balaban J connectivity index is 2.16. The number of aliphatic hydroxyl groups excluding tert-OH is 3. The molecule has 21 heavy (non-hydrogen) atoms. The number of rotatable bonds is 3. The predicted molar refractivity (Wildman–Crippen MR) is 65.5 cm³/mol. The molecule has 0 bridgehead atoms. The maximum atomic E-state index is 12.8. The number of aliphatic hydroxyl groups is 3. The van der Waals surface area contributed by atoms with Crippen LogP contribution >= 0.6 is 0 Å². The quantitative estimate of drug-likeness (QED) is 0.628. The third-order valence-corrected chi connectivity index (χ3v) is 3.25. The van der Waals surface area contributed by atoms with Crippen molar-refractivity contribution in [2.24, 2.45) is 0 Å². The molecule has 0 spiro atoms. The van der Waals surface area contributed by atoms with E-state index in [1.165, 1.54) is 6.20 Å². The van der Waals surface area contributed by atoms with E-state index < -0.39 is 48.5 Å². The number of anilines is 1. The first-order valence-electron chi connectivity index (χ1n) is 6.22. The molecule has 2 rings (SSSR count). The standard InChI is InChI=1S/C12H15F3N2O4/c13-12(14,15)6-2-1-3-16-11(6)17-7-5-21-8(4-18)10(20)9(7)19/h1-3,7-10,18-20H,4-5H2,(H,16,17)/t7-,8?,9?,10?/m1/s1. The fraction of sp³-hybridized carbons (Fsp3) is 0.583. The topological polar surface area (TPSA) is 94.8 Å². The van der Waals surface area contributed by atoms with Crippen molar-refractivity contribution in [2.75, 3.05) is 18.5 Å². The second kappa shape index (κ2) is 6.14. The first-order valence-corrected chi connectivity index (χ1v) is 6.22. The minimum absolute atomic E-state index is 0.169. The van der Waals surface area contributed by atoms with E-state index in [0.29, 0.717) is 0 Å². The molecule has 1 fully saturated rings. The number of aromatic nitrogens is 1. The third kappa shape index (κ3) is 3.43. The summed E-state index contributed by atoms with van der Waals surface area (Å²) in [6, 6.07) is 1.04. The highest BCUT2D eigenvalue weighted by Crippen LogP contribution is 2.34. The maximum absolute atomic E-state index is 12.8. The second-order valence-electron chi connectivity index (χ2n) is 4.68. The molecule has 2 heterocycles. The van der Waals surface area contributed by atoms with E-state index in [2.05, 4.69) is 10.3 Å². The van der Waals surface area contributed by atoms with Crippen LogP contribution in [0.5, 0.6) is 0 Å². The van der Waals surface area contributed by atoms with Gasteiger partial charge in [0.1, 0.15) is 24.1 Å². The zero-order chi connectivity index (χ0) is 15.6. The number of hydrogen-bond donors (Lipinski definition) is 4. The van der Waals surface area contributed by atoms with Gasteiger partial charge in [-0.1, -0.05) is 0 Å². The molecule has 6 nitrogen and oxygen atoms in total. The van der Waals surface area contributed by atoms with Gasteiger partial charge in [0, 0.05) is 6.20 Å². The van der Waals surface area contributed by atoms with E-state index >= 15 is 0 Å². The molecule has 1 aromatic heterocycles. The van der Waals surface area contributed by atoms with E-state index in [9.17, 15) is 23.4 Å². The Kier molecular flexibility index (Phi) is 4.67. The van der Waals surface area contributed by atoms with Crippen LogP contribution < -0.4 is 5.32 Å². The molecule has 4 N–H and O–H groups in total. The lowest BCUT2D eigenvalue weighted by Crippen LogP contribution is -2.56. The van der Waals surface area contributed by atoms with Crippen molar-refractivity contribution in [3.8, 4) is 0 Å². The summed E-state index contributed by atoms with van der Waals surface area (Å²) in [4.78, 5) is 3.61. The van der Waals surface area contributed by atoms with E-state index in [4.69, 9.17) is 9.84 Å². The van der Waals surface area contributed by atoms with Gasteiger partial charge >= 0.3 is 6.18 Å². The monoisotopic (exact) mass is 308 g/mol. The highest BCUT2D eigenvalue weighted by atomic mass is 19.4. The lowest BCUT2D eigenvalue weighted by molar-refractivity contribution is -0.153. The Morgan fingerprint density at radius 1 is 1.33 bits per heavy atom. The highest BCUT2D eigenvalue weighted by molar-refractivity contribution is 5.46. The average Bonchev–Trinajstić information content (AvgIpc) is 2.44. The number of nitrogens with zero attached hydrogens (tertiary/aromatic N) is 1. The van der Waals surface area contributed by atoms with Crippen LogP contribution in [0, 0.1) is 0 Å². The Morgan fingerprint density at radius 3 is 2.67 bits per heavy atom. The molecule has 1 aromatic rings. The van der Waals surface area contributed by atoms with Gasteiger partial charge in [0.25, 0.3) is 0 Å². The number of ether oxygens (including phenoxy) is 1. The smallest absolute Gasteiger partial charge is 0.394 e. The van der Waals surface area contributed by atoms with Crippen LogP contribution in [0.25, 0.3) is 0 Å². The van der Waals surface area contributed by atoms with Crippen LogP contribution in [0.1, 0.15) is 5.56 Å². The summed E-state index contributed by atoms with van der Waals surface area (Å²) in [5.74, 6) is -0.452. The van der Waals surface area contributed by atoms with Crippen LogP contribution in [0.3, 0.4) is 0 Å². The molecule has 0 radical (unpaired) electrons. The van der Waals surface area contributed by atoms with Crippen LogP contribution in [0.4, 0.5) is 19.0 Å². The van der Waals surface area contributed by atoms with Gasteiger partial charge in [-0.2, -0.15) is 13.2 Å². The van der Waals surface area contributed by atoms with Crippen LogP contribution in [0.15, 0.2) is 18.3 Å². The molecule has 1 aliphatic heterocycles. The summed E-state index contributed by atoms with van der Waals surface area (Å²) in [5.41, 5.74) is -0.976. The van der Waals surface area contributed by atoms with Gasteiger partial charge in [-0.25, -0.2) is 4.98 Å². The summed E-state index contributed by atoms with van der Waals surface area (Å²) in [6.45, 7) is -0.667. The predicted octanol–water partition coefficient (Wildman–Crippen LogP) is -0.00620. The van der Waals surface area contributed by atoms with Gasteiger partial charge in [-0.15, -0.1) is 0 Å². The molecule has 0 aliphatic carbocycles. The molecular formula is C12H15F3N2O4. The molecule has 3 unspecified atom stereocenters. The number of halogens is 3.